The van der Waals surface area contributed by atoms with Gasteiger partial charge in [0.2, 0.25) is 0 Å². The molecule has 0 radical (unpaired) electrons. The van der Waals surface area contributed by atoms with Gasteiger partial charge in [-0.05, 0) is 34.1 Å². The Kier molecular flexibility index (Phi) is 4.41. The minimum Gasteiger partial charge on any atom is -0.488 e. The van der Waals surface area contributed by atoms with Crippen molar-refractivity contribution < 1.29 is 9.47 Å². The summed E-state index contributed by atoms with van der Waals surface area (Å²) in [4.78, 5) is 4.00. The fourth-order valence-corrected chi connectivity index (χ4v) is 1.74. The van der Waals surface area contributed by atoms with Crippen molar-refractivity contribution in [1.29, 1.82) is 0 Å². The van der Waals surface area contributed by atoms with Crippen LogP contribution in [-0.2, 0) is 0 Å². The molecule has 0 aliphatic rings. The molecular weight excluding hydrogens is 296 g/mol. The molecule has 2 aromatic rings. The lowest BCUT2D eigenvalue weighted by Gasteiger charge is -2.09. The molecule has 0 aliphatic heterocycles. The van der Waals surface area contributed by atoms with Crippen LogP contribution in [0.4, 0.5) is 5.69 Å². The van der Waals surface area contributed by atoms with Gasteiger partial charge in [-0.1, -0.05) is 12.1 Å². The van der Waals surface area contributed by atoms with E-state index in [-0.39, 0.29) is 0 Å². The van der Waals surface area contributed by atoms with Crippen LogP contribution in [0.15, 0.2) is 47.2 Å². The standard InChI is InChI=1S/C13H13BrN2O2/c14-10-7-11(9-16-8-10)17-5-6-18-13-4-2-1-3-12(13)15/h1-4,7-9H,5-6,15H2. The van der Waals surface area contributed by atoms with E-state index >= 15 is 0 Å². The number of nitrogens with two attached hydrogens (primary N) is 1. The van der Waals surface area contributed by atoms with Gasteiger partial charge in [0, 0.05) is 10.7 Å². The van der Waals surface area contributed by atoms with Gasteiger partial charge >= 0.3 is 0 Å². The zero-order chi connectivity index (χ0) is 12.8. The summed E-state index contributed by atoms with van der Waals surface area (Å²) in [5.74, 6) is 1.38. The number of anilines is 1. The number of benzene rings is 1. The fourth-order valence-electron chi connectivity index (χ4n) is 1.39. The normalized spacial score (nSPS) is 10.1. The predicted octanol–water partition coefficient (Wildman–Crippen LogP) is 2.88. The Bertz CT molecular complexity index is 520. The highest BCUT2D eigenvalue weighted by Crippen LogP contribution is 2.20. The van der Waals surface area contributed by atoms with Crippen molar-refractivity contribution in [3.63, 3.8) is 0 Å². The van der Waals surface area contributed by atoms with Crippen LogP contribution in [0.1, 0.15) is 0 Å². The Morgan fingerprint density at radius 3 is 2.67 bits per heavy atom. The molecule has 0 bridgehead atoms. The van der Waals surface area contributed by atoms with E-state index in [1.54, 1.807) is 18.5 Å². The molecule has 0 aliphatic carbocycles. The van der Waals surface area contributed by atoms with Gasteiger partial charge < -0.3 is 15.2 Å². The first-order valence-corrected chi connectivity index (χ1v) is 6.25. The van der Waals surface area contributed by atoms with Crippen LogP contribution in [0, 0.1) is 0 Å². The van der Waals surface area contributed by atoms with Crippen LogP contribution in [0.2, 0.25) is 0 Å². The Labute approximate surface area is 114 Å². The molecule has 0 spiro atoms. The first-order chi connectivity index (χ1) is 8.75. The van der Waals surface area contributed by atoms with E-state index in [2.05, 4.69) is 20.9 Å². The third-order valence-electron chi connectivity index (χ3n) is 2.21. The van der Waals surface area contributed by atoms with Crippen molar-refractivity contribution in [3.05, 3.63) is 47.2 Å². The summed E-state index contributed by atoms with van der Waals surface area (Å²) < 4.78 is 11.9. The summed E-state index contributed by atoms with van der Waals surface area (Å²) in [6.45, 7) is 0.868. The second-order valence-electron chi connectivity index (χ2n) is 3.57. The van der Waals surface area contributed by atoms with E-state index in [9.17, 15) is 0 Å². The quantitative estimate of drug-likeness (QED) is 0.681. The SMILES string of the molecule is Nc1ccccc1OCCOc1cncc(Br)c1. The third kappa shape index (κ3) is 3.63. The molecule has 0 amide bonds. The van der Waals surface area contributed by atoms with Crippen molar-refractivity contribution in [2.24, 2.45) is 0 Å². The van der Waals surface area contributed by atoms with Crippen molar-refractivity contribution >= 4 is 21.6 Å². The molecule has 5 heteroatoms. The lowest BCUT2D eigenvalue weighted by Crippen LogP contribution is -2.10. The molecule has 1 heterocycles. The smallest absolute Gasteiger partial charge is 0.142 e. The van der Waals surface area contributed by atoms with Gasteiger partial charge in [0.15, 0.2) is 0 Å². The van der Waals surface area contributed by atoms with Crippen molar-refractivity contribution in [1.82, 2.24) is 4.98 Å². The largest absolute Gasteiger partial charge is 0.488 e. The molecule has 4 nitrogen and oxygen atoms in total. The minimum atomic E-state index is 0.431. The molecule has 0 fully saturated rings. The zero-order valence-corrected chi connectivity index (χ0v) is 11.3. The van der Waals surface area contributed by atoms with Gasteiger partial charge in [-0.15, -0.1) is 0 Å². The lowest BCUT2D eigenvalue weighted by molar-refractivity contribution is 0.217. The molecule has 1 aromatic heterocycles. The van der Waals surface area contributed by atoms with Gasteiger partial charge in [-0.2, -0.15) is 0 Å². The van der Waals surface area contributed by atoms with E-state index in [0.717, 1.165) is 4.47 Å². The highest BCUT2D eigenvalue weighted by Gasteiger charge is 1.99. The summed E-state index contributed by atoms with van der Waals surface area (Å²) in [6.07, 6.45) is 3.36. The Balaban J connectivity index is 1.78. The molecule has 1 aromatic carbocycles. The zero-order valence-electron chi connectivity index (χ0n) is 9.67. The molecule has 0 saturated heterocycles. The van der Waals surface area contributed by atoms with E-state index in [1.165, 1.54) is 0 Å². The van der Waals surface area contributed by atoms with E-state index in [0.29, 0.717) is 30.4 Å². The third-order valence-corrected chi connectivity index (χ3v) is 2.64. The first kappa shape index (κ1) is 12.7. The summed E-state index contributed by atoms with van der Waals surface area (Å²) in [7, 11) is 0. The molecule has 18 heavy (non-hydrogen) atoms. The van der Waals surface area contributed by atoms with Gasteiger partial charge in [-0.25, -0.2) is 0 Å². The highest BCUT2D eigenvalue weighted by atomic mass is 79.9. The summed E-state index contributed by atoms with van der Waals surface area (Å²) in [5, 5.41) is 0. The number of halogens is 1. The van der Waals surface area contributed by atoms with Gasteiger partial charge in [0.25, 0.3) is 0 Å². The molecular formula is C13H13BrN2O2. The van der Waals surface area contributed by atoms with E-state index in [1.807, 2.05) is 24.3 Å². The number of aromatic nitrogens is 1. The maximum atomic E-state index is 5.75. The molecule has 2 rings (SSSR count). The highest BCUT2D eigenvalue weighted by molar-refractivity contribution is 9.10. The maximum Gasteiger partial charge on any atom is 0.142 e. The van der Waals surface area contributed by atoms with Crippen molar-refractivity contribution in [3.8, 4) is 11.5 Å². The Morgan fingerprint density at radius 1 is 1.11 bits per heavy atom. The van der Waals surface area contributed by atoms with Gasteiger partial charge in [0.05, 0.1) is 11.9 Å². The van der Waals surface area contributed by atoms with Crippen LogP contribution in [0.25, 0.3) is 0 Å². The van der Waals surface area contributed by atoms with Crippen molar-refractivity contribution in [2.45, 2.75) is 0 Å². The number of nitrogens with zero attached hydrogens (tertiary/aromatic N) is 1. The van der Waals surface area contributed by atoms with Crippen LogP contribution in [0.5, 0.6) is 11.5 Å². The number of hydrogen-bond acceptors (Lipinski definition) is 4. The second-order valence-corrected chi connectivity index (χ2v) is 4.49. The molecule has 0 saturated carbocycles. The van der Waals surface area contributed by atoms with E-state index < -0.39 is 0 Å². The number of para-hydroxylation sites is 2. The second kappa shape index (κ2) is 6.26. The average molecular weight is 309 g/mol. The predicted molar refractivity (Wildman–Crippen MR) is 73.8 cm³/mol. The fraction of sp³-hybridized carbons (Fsp3) is 0.154. The Hall–Kier alpha value is -1.75. The van der Waals surface area contributed by atoms with Crippen LogP contribution >= 0.6 is 15.9 Å². The summed E-state index contributed by atoms with van der Waals surface area (Å²) >= 11 is 3.33. The number of rotatable bonds is 5. The van der Waals surface area contributed by atoms with Crippen LogP contribution in [0.3, 0.4) is 0 Å². The van der Waals surface area contributed by atoms with Crippen LogP contribution in [-0.4, -0.2) is 18.2 Å². The summed E-state index contributed by atoms with van der Waals surface area (Å²) in [6, 6.07) is 9.23. The molecule has 0 unspecified atom stereocenters. The first-order valence-electron chi connectivity index (χ1n) is 5.46. The monoisotopic (exact) mass is 308 g/mol. The summed E-state index contributed by atoms with van der Waals surface area (Å²) in [5.41, 5.74) is 6.38. The number of nitrogen functional groups attached to an aromatic ring is 1. The number of ether oxygens (including phenoxy) is 2. The number of pyridine rings is 1. The molecule has 94 valence electrons. The van der Waals surface area contributed by atoms with E-state index in [4.69, 9.17) is 15.2 Å². The van der Waals surface area contributed by atoms with Crippen molar-refractivity contribution in [2.75, 3.05) is 18.9 Å². The molecule has 2 N–H and O–H groups in total. The van der Waals surface area contributed by atoms with Crippen LogP contribution < -0.4 is 15.2 Å². The topological polar surface area (TPSA) is 57.4 Å². The van der Waals surface area contributed by atoms with Gasteiger partial charge in [-0.3, -0.25) is 4.98 Å². The minimum absolute atomic E-state index is 0.431. The van der Waals surface area contributed by atoms with Gasteiger partial charge in [0.1, 0.15) is 24.7 Å². The Morgan fingerprint density at radius 2 is 1.89 bits per heavy atom. The number of hydrogen-bond donors (Lipinski definition) is 1. The average Bonchev–Trinajstić information content (AvgIpc) is 2.37. The maximum absolute atomic E-state index is 5.75. The lowest BCUT2D eigenvalue weighted by atomic mass is 10.3. The molecule has 0 atom stereocenters.